The van der Waals surface area contributed by atoms with E-state index in [2.05, 4.69) is 23.6 Å². The lowest BCUT2D eigenvalue weighted by molar-refractivity contribution is -0.117. The fourth-order valence-corrected chi connectivity index (χ4v) is 3.76. The van der Waals surface area contributed by atoms with E-state index in [0.29, 0.717) is 24.4 Å². The van der Waals surface area contributed by atoms with Crippen LogP contribution in [-0.2, 0) is 4.79 Å². The maximum absolute atomic E-state index is 12.2. The zero-order valence-corrected chi connectivity index (χ0v) is 12.4. The number of carbonyl (C=O) groups is 1. The average molecular weight is 272 g/mol. The number of rotatable bonds is 3. The van der Waals surface area contributed by atoms with Crippen molar-refractivity contribution in [3.05, 3.63) is 29.3 Å². The largest absolute Gasteiger partial charge is 0.326 e. The molecule has 3 rings (SSSR count). The molecule has 2 atom stereocenters. The van der Waals surface area contributed by atoms with Crippen LogP contribution in [0.4, 0.5) is 5.69 Å². The normalized spacial score (nSPS) is 28.4. The molecule has 2 unspecified atom stereocenters. The van der Waals surface area contributed by atoms with Crippen molar-refractivity contribution >= 4 is 11.6 Å². The Bertz CT molecular complexity index is 500. The highest BCUT2D eigenvalue weighted by atomic mass is 16.1. The summed E-state index contributed by atoms with van der Waals surface area (Å²) in [6, 6.07) is 7.49. The molecule has 2 heterocycles. The van der Waals surface area contributed by atoms with Crippen molar-refractivity contribution in [1.29, 1.82) is 0 Å². The minimum Gasteiger partial charge on any atom is -0.326 e. The summed E-state index contributed by atoms with van der Waals surface area (Å²) in [5.41, 5.74) is 3.33. The van der Waals surface area contributed by atoms with Crippen LogP contribution in [-0.4, -0.2) is 18.0 Å². The molecule has 0 aliphatic carbocycles. The van der Waals surface area contributed by atoms with Gasteiger partial charge in [-0.3, -0.25) is 4.79 Å². The van der Waals surface area contributed by atoms with Gasteiger partial charge in [0, 0.05) is 24.2 Å². The second-order valence-corrected chi connectivity index (χ2v) is 6.55. The maximum atomic E-state index is 12.2. The topological polar surface area (TPSA) is 41.1 Å². The van der Waals surface area contributed by atoms with Crippen LogP contribution in [0.5, 0.6) is 0 Å². The number of hydrogen-bond donors (Lipinski definition) is 2. The molecule has 0 spiro atoms. The predicted octanol–water partition coefficient (Wildman–Crippen LogP) is 3.16. The Morgan fingerprint density at radius 3 is 2.60 bits per heavy atom. The maximum Gasteiger partial charge on any atom is 0.224 e. The quantitative estimate of drug-likeness (QED) is 0.887. The van der Waals surface area contributed by atoms with E-state index in [4.69, 9.17) is 0 Å². The molecule has 0 aromatic heterocycles. The number of fused-ring (bicyclic) bond motifs is 2. The molecule has 2 saturated heterocycles. The number of hydrogen-bond acceptors (Lipinski definition) is 2. The number of benzene rings is 1. The highest BCUT2D eigenvalue weighted by molar-refractivity contribution is 5.91. The van der Waals surface area contributed by atoms with E-state index in [-0.39, 0.29) is 5.91 Å². The number of amides is 1. The van der Waals surface area contributed by atoms with E-state index >= 15 is 0 Å². The SMILES string of the molecule is Cc1ccc(NC(=O)CC2CC3CCC(C2)N3)c(C)c1. The molecule has 2 fully saturated rings. The van der Waals surface area contributed by atoms with E-state index in [1.807, 2.05) is 19.1 Å². The van der Waals surface area contributed by atoms with Crippen molar-refractivity contribution in [1.82, 2.24) is 5.32 Å². The van der Waals surface area contributed by atoms with Gasteiger partial charge in [0.2, 0.25) is 5.91 Å². The molecule has 0 radical (unpaired) electrons. The molecular weight excluding hydrogens is 248 g/mol. The van der Waals surface area contributed by atoms with Gasteiger partial charge in [0.25, 0.3) is 0 Å². The van der Waals surface area contributed by atoms with Crippen molar-refractivity contribution in [2.75, 3.05) is 5.32 Å². The fraction of sp³-hybridized carbons (Fsp3) is 0.588. The van der Waals surface area contributed by atoms with E-state index < -0.39 is 0 Å². The van der Waals surface area contributed by atoms with E-state index in [9.17, 15) is 4.79 Å². The summed E-state index contributed by atoms with van der Waals surface area (Å²) in [7, 11) is 0. The summed E-state index contributed by atoms with van der Waals surface area (Å²) >= 11 is 0. The Hall–Kier alpha value is -1.35. The van der Waals surface area contributed by atoms with Crippen molar-refractivity contribution in [3.63, 3.8) is 0 Å². The molecule has 108 valence electrons. The van der Waals surface area contributed by atoms with Gasteiger partial charge in [-0.15, -0.1) is 0 Å². The zero-order chi connectivity index (χ0) is 14.1. The van der Waals surface area contributed by atoms with Crippen LogP contribution in [0.2, 0.25) is 0 Å². The summed E-state index contributed by atoms with van der Waals surface area (Å²) < 4.78 is 0. The van der Waals surface area contributed by atoms with Gasteiger partial charge in [-0.2, -0.15) is 0 Å². The van der Waals surface area contributed by atoms with Crippen LogP contribution in [0.3, 0.4) is 0 Å². The Morgan fingerprint density at radius 2 is 1.95 bits per heavy atom. The molecule has 2 aliphatic rings. The van der Waals surface area contributed by atoms with Crippen molar-refractivity contribution in [2.24, 2.45) is 5.92 Å². The van der Waals surface area contributed by atoms with Crippen LogP contribution in [0, 0.1) is 19.8 Å². The fourth-order valence-electron chi connectivity index (χ4n) is 3.76. The summed E-state index contributed by atoms with van der Waals surface area (Å²) in [5, 5.41) is 6.70. The van der Waals surface area contributed by atoms with Gasteiger partial charge >= 0.3 is 0 Å². The molecule has 2 N–H and O–H groups in total. The van der Waals surface area contributed by atoms with Gasteiger partial charge in [-0.05, 0) is 57.1 Å². The van der Waals surface area contributed by atoms with Gasteiger partial charge < -0.3 is 10.6 Å². The summed E-state index contributed by atoms with van der Waals surface area (Å²) in [4.78, 5) is 12.2. The van der Waals surface area contributed by atoms with E-state index in [0.717, 1.165) is 24.1 Å². The molecule has 2 bridgehead atoms. The number of nitrogens with one attached hydrogen (secondary N) is 2. The molecule has 1 aromatic rings. The zero-order valence-electron chi connectivity index (χ0n) is 12.4. The first-order valence-electron chi connectivity index (χ1n) is 7.73. The summed E-state index contributed by atoms with van der Waals surface area (Å²) in [6.07, 6.45) is 5.58. The van der Waals surface area contributed by atoms with Gasteiger partial charge in [0.1, 0.15) is 0 Å². The van der Waals surface area contributed by atoms with Gasteiger partial charge in [0.05, 0.1) is 0 Å². The van der Waals surface area contributed by atoms with E-state index in [1.54, 1.807) is 0 Å². The molecule has 0 saturated carbocycles. The Morgan fingerprint density at radius 1 is 1.25 bits per heavy atom. The molecule has 3 heteroatoms. The average Bonchev–Trinajstić information content (AvgIpc) is 2.72. The van der Waals surface area contributed by atoms with Gasteiger partial charge in [-0.25, -0.2) is 0 Å². The highest BCUT2D eigenvalue weighted by Crippen LogP contribution is 2.32. The first kappa shape index (κ1) is 13.6. The molecule has 1 aromatic carbocycles. The Labute approximate surface area is 121 Å². The first-order chi connectivity index (χ1) is 9.60. The van der Waals surface area contributed by atoms with Crippen LogP contribution < -0.4 is 10.6 Å². The summed E-state index contributed by atoms with van der Waals surface area (Å²) in [5.74, 6) is 0.725. The van der Waals surface area contributed by atoms with Crippen molar-refractivity contribution < 1.29 is 4.79 Å². The monoisotopic (exact) mass is 272 g/mol. The molecule has 3 nitrogen and oxygen atoms in total. The number of piperidine rings is 1. The van der Waals surface area contributed by atoms with E-state index in [1.165, 1.54) is 18.4 Å². The minimum atomic E-state index is 0.170. The van der Waals surface area contributed by atoms with Crippen LogP contribution in [0.15, 0.2) is 18.2 Å². The molecule has 20 heavy (non-hydrogen) atoms. The second-order valence-electron chi connectivity index (χ2n) is 6.55. The number of aryl methyl sites for hydroxylation is 2. The Kier molecular flexibility index (Phi) is 3.79. The number of carbonyl (C=O) groups excluding carboxylic acids is 1. The standard InChI is InChI=1S/C17H24N2O/c1-11-3-6-16(12(2)7-11)19-17(20)10-13-8-14-4-5-15(9-13)18-14/h3,6-7,13-15,18H,4-5,8-10H2,1-2H3,(H,19,20). The van der Waals surface area contributed by atoms with Gasteiger partial charge in [-0.1, -0.05) is 17.7 Å². The lowest BCUT2D eigenvalue weighted by Gasteiger charge is -2.28. The van der Waals surface area contributed by atoms with Crippen LogP contribution in [0.1, 0.15) is 43.2 Å². The smallest absolute Gasteiger partial charge is 0.224 e. The lowest BCUT2D eigenvalue weighted by Crippen LogP contribution is -2.39. The number of anilines is 1. The van der Waals surface area contributed by atoms with Crippen molar-refractivity contribution in [3.8, 4) is 0 Å². The Balaban J connectivity index is 1.57. The van der Waals surface area contributed by atoms with Gasteiger partial charge in [0.15, 0.2) is 0 Å². The minimum absolute atomic E-state index is 0.170. The third-order valence-electron chi connectivity index (χ3n) is 4.70. The first-order valence-corrected chi connectivity index (χ1v) is 7.73. The lowest BCUT2D eigenvalue weighted by atomic mass is 9.89. The molecule has 2 aliphatic heterocycles. The molecular formula is C17H24N2O. The van der Waals surface area contributed by atoms with Crippen LogP contribution >= 0.6 is 0 Å². The highest BCUT2D eigenvalue weighted by Gasteiger charge is 2.34. The third kappa shape index (κ3) is 3.04. The summed E-state index contributed by atoms with van der Waals surface area (Å²) in [6.45, 7) is 4.12. The van der Waals surface area contributed by atoms with Crippen molar-refractivity contribution in [2.45, 2.75) is 58.0 Å². The molecule has 1 amide bonds. The predicted molar refractivity (Wildman–Crippen MR) is 81.8 cm³/mol. The van der Waals surface area contributed by atoms with Crippen LogP contribution in [0.25, 0.3) is 0 Å². The second kappa shape index (κ2) is 5.57. The third-order valence-corrected chi connectivity index (χ3v) is 4.70.